The molecular formula is C11H13N2NaO2S2. The van der Waals surface area contributed by atoms with Crippen molar-refractivity contribution in [3.05, 3.63) is 24.3 Å². The summed E-state index contributed by atoms with van der Waals surface area (Å²) in [7, 11) is 0. The van der Waals surface area contributed by atoms with Crippen molar-refractivity contribution in [2.24, 2.45) is 0 Å². The molecule has 92 valence electrons. The van der Waals surface area contributed by atoms with E-state index in [1.54, 1.807) is 23.3 Å². The standard InChI is InChI=1S/C11H12N2OS2.Na.H2O/c1-2-4-10-9(3-1)12-11(15-10)16-13-5-7-14-8-6-13;;/h1-4H,5-8H2;;1H2/q;+1;/p-1. The van der Waals surface area contributed by atoms with Crippen molar-refractivity contribution in [1.82, 2.24) is 9.29 Å². The first-order chi connectivity index (χ1) is 7.92. The van der Waals surface area contributed by atoms with Crippen LogP contribution in [0.25, 0.3) is 10.2 Å². The molecule has 1 aromatic heterocycles. The van der Waals surface area contributed by atoms with Gasteiger partial charge in [-0.05, 0) is 24.1 Å². The third-order valence-electron chi connectivity index (χ3n) is 2.45. The largest absolute Gasteiger partial charge is 1.00 e. The van der Waals surface area contributed by atoms with Crippen molar-refractivity contribution >= 4 is 33.5 Å². The monoisotopic (exact) mass is 292 g/mol. The van der Waals surface area contributed by atoms with Gasteiger partial charge >= 0.3 is 29.6 Å². The van der Waals surface area contributed by atoms with Gasteiger partial charge in [0.1, 0.15) is 0 Å². The summed E-state index contributed by atoms with van der Waals surface area (Å²) < 4.78 is 10.0. The van der Waals surface area contributed by atoms with Crippen molar-refractivity contribution in [2.75, 3.05) is 26.3 Å². The van der Waals surface area contributed by atoms with Crippen molar-refractivity contribution < 1.29 is 39.8 Å². The quantitative estimate of drug-likeness (QED) is 0.550. The maximum atomic E-state index is 5.32. The molecule has 2 heterocycles. The molecule has 1 aliphatic heterocycles. The Morgan fingerprint density at radius 1 is 1.22 bits per heavy atom. The van der Waals surface area contributed by atoms with Crippen LogP contribution >= 0.6 is 23.3 Å². The summed E-state index contributed by atoms with van der Waals surface area (Å²) in [6, 6.07) is 8.28. The maximum absolute atomic E-state index is 5.32. The fourth-order valence-electron chi connectivity index (χ4n) is 1.64. The van der Waals surface area contributed by atoms with Crippen molar-refractivity contribution in [3.63, 3.8) is 0 Å². The number of rotatable bonds is 2. The molecule has 0 saturated carbocycles. The van der Waals surface area contributed by atoms with E-state index in [0.29, 0.717) is 0 Å². The Morgan fingerprint density at radius 3 is 2.67 bits per heavy atom. The van der Waals surface area contributed by atoms with E-state index >= 15 is 0 Å². The molecule has 1 saturated heterocycles. The molecule has 0 bridgehead atoms. The minimum absolute atomic E-state index is 0. The van der Waals surface area contributed by atoms with E-state index in [0.717, 1.165) is 36.2 Å². The van der Waals surface area contributed by atoms with E-state index < -0.39 is 0 Å². The summed E-state index contributed by atoms with van der Waals surface area (Å²) in [5.74, 6) is 0. The summed E-state index contributed by atoms with van der Waals surface area (Å²) in [5, 5.41) is 0. The first kappa shape index (κ1) is 16.4. The fraction of sp³-hybridized carbons (Fsp3) is 0.364. The second kappa shape index (κ2) is 7.81. The topological polar surface area (TPSA) is 55.4 Å². The molecule has 0 radical (unpaired) electrons. The smallest absolute Gasteiger partial charge is 0.870 e. The number of para-hydroxylation sites is 1. The number of nitrogens with zero attached hydrogens (tertiary/aromatic N) is 2. The molecule has 1 aromatic carbocycles. The molecule has 4 nitrogen and oxygen atoms in total. The van der Waals surface area contributed by atoms with Gasteiger partial charge in [0, 0.05) is 13.1 Å². The van der Waals surface area contributed by atoms with Crippen LogP contribution in [0.4, 0.5) is 0 Å². The molecule has 7 heteroatoms. The third kappa shape index (κ3) is 3.91. The Bertz CT molecular complexity index is 456. The predicted molar refractivity (Wildman–Crippen MR) is 69.8 cm³/mol. The van der Waals surface area contributed by atoms with Gasteiger partial charge in [-0.2, -0.15) is 0 Å². The number of benzene rings is 1. The van der Waals surface area contributed by atoms with Crippen LogP contribution in [0.5, 0.6) is 0 Å². The summed E-state index contributed by atoms with van der Waals surface area (Å²) in [6.45, 7) is 3.64. The Kier molecular flexibility index (Phi) is 7.12. The van der Waals surface area contributed by atoms with Gasteiger partial charge in [0.05, 0.1) is 23.4 Å². The molecule has 18 heavy (non-hydrogen) atoms. The maximum Gasteiger partial charge on any atom is 1.00 e. The van der Waals surface area contributed by atoms with Gasteiger partial charge in [-0.3, -0.25) is 0 Å². The number of morpholine rings is 1. The second-order valence-electron chi connectivity index (χ2n) is 3.58. The van der Waals surface area contributed by atoms with Gasteiger partial charge in [0.2, 0.25) is 0 Å². The van der Waals surface area contributed by atoms with Gasteiger partial charge in [-0.25, -0.2) is 9.29 Å². The van der Waals surface area contributed by atoms with Crippen molar-refractivity contribution in [3.8, 4) is 0 Å². The zero-order valence-corrected chi connectivity index (χ0v) is 13.8. The van der Waals surface area contributed by atoms with Crippen molar-refractivity contribution in [1.29, 1.82) is 0 Å². The van der Waals surface area contributed by atoms with Crippen LogP contribution in [-0.4, -0.2) is 41.1 Å². The number of fused-ring (bicyclic) bond motifs is 1. The van der Waals surface area contributed by atoms with Crippen LogP contribution in [0.15, 0.2) is 28.6 Å². The Morgan fingerprint density at radius 2 is 1.94 bits per heavy atom. The molecule has 2 aromatic rings. The number of thiazole rings is 1. The molecule has 1 aliphatic rings. The number of hydrogen-bond donors (Lipinski definition) is 0. The van der Waals surface area contributed by atoms with Crippen LogP contribution in [0.2, 0.25) is 0 Å². The molecule has 0 amide bonds. The molecule has 3 rings (SSSR count). The Labute approximate surface area is 136 Å². The minimum Gasteiger partial charge on any atom is -0.870 e. The SMILES string of the molecule is [Na+].[OH-].c1ccc2sc(SN3CCOCC3)nc2c1. The summed E-state index contributed by atoms with van der Waals surface area (Å²) >= 11 is 3.51. The van der Waals surface area contributed by atoms with Crippen LogP contribution in [0.1, 0.15) is 0 Å². The minimum atomic E-state index is 0. The van der Waals surface area contributed by atoms with E-state index in [1.807, 2.05) is 6.07 Å². The molecule has 0 spiro atoms. The van der Waals surface area contributed by atoms with E-state index in [-0.39, 0.29) is 35.0 Å². The fourth-order valence-corrected chi connectivity index (χ4v) is 3.76. The first-order valence-electron chi connectivity index (χ1n) is 5.28. The van der Waals surface area contributed by atoms with Gasteiger partial charge in [-0.15, -0.1) is 11.3 Å². The zero-order chi connectivity index (χ0) is 10.8. The zero-order valence-electron chi connectivity index (χ0n) is 10.2. The Hall–Kier alpha value is 0.340. The van der Waals surface area contributed by atoms with Gasteiger partial charge < -0.3 is 10.2 Å². The first-order valence-corrected chi connectivity index (χ1v) is 6.87. The predicted octanol–water partition coefficient (Wildman–Crippen LogP) is -0.537. The molecule has 0 unspecified atom stereocenters. The van der Waals surface area contributed by atoms with E-state index in [4.69, 9.17) is 4.74 Å². The van der Waals surface area contributed by atoms with Crippen LogP contribution in [0.3, 0.4) is 0 Å². The average Bonchev–Trinajstić information content (AvgIpc) is 2.72. The molecule has 0 aliphatic carbocycles. The molecule has 0 atom stereocenters. The Balaban J connectivity index is 0.000000810. The molecule has 1 fully saturated rings. The summed E-state index contributed by atoms with van der Waals surface area (Å²) in [5.41, 5.74) is 1.10. The average molecular weight is 292 g/mol. The van der Waals surface area contributed by atoms with Crippen LogP contribution in [0, 0.1) is 0 Å². The molecular weight excluding hydrogens is 279 g/mol. The van der Waals surface area contributed by atoms with Crippen molar-refractivity contribution in [2.45, 2.75) is 4.34 Å². The van der Waals surface area contributed by atoms with E-state index in [1.165, 1.54) is 4.70 Å². The summed E-state index contributed by atoms with van der Waals surface area (Å²) in [6.07, 6.45) is 0. The van der Waals surface area contributed by atoms with Crippen LogP contribution in [-0.2, 0) is 4.74 Å². The van der Waals surface area contributed by atoms with E-state index in [2.05, 4.69) is 27.5 Å². The van der Waals surface area contributed by atoms with E-state index in [9.17, 15) is 0 Å². The van der Waals surface area contributed by atoms with Crippen LogP contribution < -0.4 is 29.6 Å². The normalized spacial score (nSPS) is 16.0. The number of aromatic nitrogens is 1. The third-order valence-corrected chi connectivity index (χ3v) is 4.63. The second-order valence-corrected chi connectivity index (χ2v) is 5.95. The number of hydrogen-bond acceptors (Lipinski definition) is 6. The summed E-state index contributed by atoms with van der Waals surface area (Å²) in [4.78, 5) is 4.61. The van der Waals surface area contributed by atoms with Gasteiger partial charge in [0.15, 0.2) is 4.34 Å². The van der Waals surface area contributed by atoms with Gasteiger partial charge in [-0.1, -0.05) is 12.1 Å². The number of ether oxygens (including phenoxy) is 1. The molecule has 1 N–H and O–H groups in total. The van der Waals surface area contributed by atoms with Gasteiger partial charge in [0.25, 0.3) is 0 Å².